The number of aromatic nitrogens is 2. The molecule has 0 spiro atoms. The summed E-state index contributed by atoms with van der Waals surface area (Å²) in [6.45, 7) is 5.80. The van der Waals surface area contributed by atoms with Gasteiger partial charge in [-0.1, -0.05) is 6.92 Å². The Balaban J connectivity index is 1.77. The number of likely N-dealkylation sites (tertiary alicyclic amines) is 1. The van der Waals surface area contributed by atoms with Gasteiger partial charge in [0, 0.05) is 25.2 Å². The van der Waals surface area contributed by atoms with E-state index in [1.165, 1.54) is 25.9 Å². The van der Waals surface area contributed by atoms with Crippen LogP contribution in [-0.2, 0) is 6.42 Å². The average Bonchev–Trinajstić information content (AvgIpc) is 2.81. The number of rotatable bonds is 3. The van der Waals surface area contributed by atoms with Crippen LogP contribution in [0.5, 0.6) is 5.75 Å². The molecule has 2 aromatic rings. The molecule has 3 rings (SSSR count). The van der Waals surface area contributed by atoms with E-state index in [-0.39, 0.29) is 0 Å². The Morgan fingerprint density at radius 1 is 1.47 bits per heavy atom. The number of nitrogens with zero attached hydrogens (tertiary/aromatic N) is 3. The van der Waals surface area contributed by atoms with Gasteiger partial charge in [-0.15, -0.1) is 0 Å². The molecule has 1 saturated heterocycles. The predicted octanol–water partition coefficient (Wildman–Crippen LogP) is 2.31. The molecule has 1 aliphatic heterocycles. The number of pyridine rings is 1. The van der Waals surface area contributed by atoms with Crippen molar-refractivity contribution in [2.24, 2.45) is 5.92 Å². The van der Waals surface area contributed by atoms with Crippen molar-refractivity contribution in [3.63, 3.8) is 0 Å². The Bertz CT molecular complexity index is 564. The average molecular weight is 259 g/mol. The zero-order valence-corrected chi connectivity index (χ0v) is 11.4. The summed E-state index contributed by atoms with van der Waals surface area (Å²) in [5, 5.41) is 9.48. The summed E-state index contributed by atoms with van der Waals surface area (Å²) in [4.78, 5) is 7.04. The van der Waals surface area contributed by atoms with E-state index in [2.05, 4.69) is 21.2 Å². The Labute approximate surface area is 113 Å². The standard InChI is InChI=1S/C15H21N3O/c1-2-17-6-3-4-12(11-17)8-15-16-10-13-9-14(19)5-7-18(13)15/h5,7,9-10,12,19H,2-4,6,8,11H2,1H3. The minimum Gasteiger partial charge on any atom is -0.508 e. The lowest BCUT2D eigenvalue weighted by molar-refractivity contribution is 0.180. The fraction of sp³-hybridized carbons (Fsp3) is 0.533. The molecule has 3 heterocycles. The smallest absolute Gasteiger partial charge is 0.119 e. The third-order valence-corrected chi connectivity index (χ3v) is 4.11. The van der Waals surface area contributed by atoms with Crippen LogP contribution in [0.3, 0.4) is 0 Å². The molecule has 0 aliphatic carbocycles. The lowest BCUT2D eigenvalue weighted by Crippen LogP contribution is -2.36. The van der Waals surface area contributed by atoms with Crippen molar-refractivity contribution in [3.05, 3.63) is 30.4 Å². The van der Waals surface area contributed by atoms with E-state index in [9.17, 15) is 5.11 Å². The maximum Gasteiger partial charge on any atom is 0.119 e. The summed E-state index contributed by atoms with van der Waals surface area (Å²) in [6, 6.07) is 3.48. The van der Waals surface area contributed by atoms with Crippen molar-refractivity contribution >= 4 is 5.52 Å². The summed E-state index contributed by atoms with van der Waals surface area (Å²) >= 11 is 0. The van der Waals surface area contributed by atoms with Gasteiger partial charge in [-0.3, -0.25) is 0 Å². The fourth-order valence-electron chi connectivity index (χ4n) is 3.06. The summed E-state index contributed by atoms with van der Waals surface area (Å²) in [6.07, 6.45) is 7.37. The van der Waals surface area contributed by atoms with Gasteiger partial charge in [0.2, 0.25) is 0 Å². The van der Waals surface area contributed by atoms with Crippen LogP contribution in [0.25, 0.3) is 5.52 Å². The zero-order valence-electron chi connectivity index (χ0n) is 11.4. The second kappa shape index (κ2) is 5.21. The van der Waals surface area contributed by atoms with Crippen LogP contribution >= 0.6 is 0 Å². The highest BCUT2D eigenvalue weighted by atomic mass is 16.3. The second-order valence-electron chi connectivity index (χ2n) is 5.46. The first-order valence-corrected chi connectivity index (χ1v) is 7.13. The van der Waals surface area contributed by atoms with Crippen LogP contribution in [0.1, 0.15) is 25.6 Å². The van der Waals surface area contributed by atoms with Crippen molar-refractivity contribution in [1.82, 2.24) is 14.3 Å². The normalized spacial score (nSPS) is 21.0. The Kier molecular flexibility index (Phi) is 3.42. The maximum absolute atomic E-state index is 9.48. The third kappa shape index (κ3) is 2.59. The first-order valence-electron chi connectivity index (χ1n) is 7.13. The van der Waals surface area contributed by atoms with Crippen LogP contribution in [0.15, 0.2) is 24.5 Å². The lowest BCUT2D eigenvalue weighted by Gasteiger charge is -2.31. The first kappa shape index (κ1) is 12.5. The lowest BCUT2D eigenvalue weighted by atomic mass is 9.94. The number of hydrogen-bond donors (Lipinski definition) is 1. The molecule has 0 bridgehead atoms. The zero-order chi connectivity index (χ0) is 13.2. The van der Waals surface area contributed by atoms with Crippen molar-refractivity contribution in [2.75, 3.05) is 19.6 Å². The molecule has 4 heteroatoms. The largest absolute Gasteiger partial charge is 0.508 e. The molecule has 19 heavy (non-hydrogen) atoms. The Hall–Kier alpha value is -1.55. The fourth-order valence-corrected chi connectivity index (χ4v) is 3.06. The Morgan fingerprint density at radius 2 is 2.37 bits per heavy atom. The maximum atomic E-state index is 9.48. The van der Waals surface area contributed by atoms with Crippen LogP contribution in [0.2, 0.25) is 0 Å². The van der Waals surface area contributed by atoms with Crippen molar-refractivity contribution in [1.29, 1.82) is 0 Å². The molecule has 0 aromatic carbocycles. The minimum atomic E-state index is 0.300. The third-order valence-electron chi connectivity index (χ3n) is 4.11. The molecule has 102 valence electrons. The van der Waals surface area contributed by atoms with Crippen molar-refractivity contribution in [2.45, 2.75) is 26.2 Å². The van der Waals surface area contributed by atoms with Gasteiger partial charge in [0.05, 0.1) is 11.7 Å². The van der Waals surface area contributed by atoms with Gasteiger partial charge < -0.3 is 14.4 Å². The van der Waals surface area contributed by atoms with Crippen LogP contribution in [-0.4, -0.2) is 39.0 Å². The molecule has 1 fully saturated rings. The Morgan fingerprint density at radius 3 is 3.21 bits per heavy atom. The SMILES string of the molecule is CCN1CCCC(Cc2ncc3cc(O)ccn23)C1. The molecule has 0 saturated carbocycles. The second-order valence-corrected chi connectivity index (χ2v) is 5.46. The molecule has 4 nitrogen and oxygen atoms in total. The van der Waals surface area contributed by atoms with E-state index in [1.54, 1.807) is 12.1 Å². The number of hydrogen-bond acceptors (Lipinski definition) is 3. The van der Waals surface area contributed by atoms with Crippen LogP contribution in [0.4, 0.5) is 0 Å². The molecule has 2 aromatic heterocycles. The van der Waals surface area contributed by atoms with Crippen molar-refractivity contribution in [3.8, 4) is 5.75 Å². The van der Waals surface area contributed by atoms with Gasteiger partial charge >= 0.3 is 0 Å². The molecule has 1 N–H and O–H groups in total. The summed E-state index contributed by atoms with van der Waals surface area (Å²) in [7, 11) is 0. The van der Waals surface area contributed by atoms with E-state index in [4.69, 9.17) is 0 Å². The van der Waals surface area contributed by atoms with Crippen LogP contribution < -0.4 is 0 Å². The number of piperidine rings is 1. The monoisotopic (exact) mass is 259 g/mol. The van der Waals surface area contributed by atoms with E-state index < -0.39 is 0 Å². The molecular weight excluding hydrogens is 238 g/mol. The van der Waals surface area contributed by atoms with E-state index in [0.29, 0.717) is 11.7 Å². The van der Waals surface area contributed by atoms with E-state index in [0.717, 1.165) is 24.3 Å². The highest BCUT2D eigenvalue weighted by molar-refractivity contribution is 5.50. The minimum absolute atomic E-state index is 0.300. The first-order chi connectivity index (χ1) is 9.26. The molecule has 1 unspecified atom stereocenters. The molecular formula is C15H21N3O. The quantitative estimate of drug-likeness (QED) is 0.919. The van der Waals surface area contributed by atoms with E-state index in [1.807, 2.05) is 12.4 Å². The van der Waals surface area contributed by atoms with E-state index >= 15 is 0 Å². The van der Waals surface area contributed by atoms with Crippen LogP contribution in [0, 0.1) is 5.92 Å². The van der Waals surface area contributed by atoms with Gasteiger partial charge in [0.1, 0.15) is 11.6 Å². The summed E-state index contributed by atoms with van der Waals surface area (Å²) < 4.78 is 2.09. The number of imidazole rings is 1. The van der Waals surface area contributed by atoms with Gasteiger partial charge in [0.25, 0.3) is 0 Å². The highest BCUT2D eigenvalue weighted by Crippen LogP contribution is 2.22. The molecule has 0 amide bonds. The van der Waals surface area contributed by atoms with Gasteiger partial charge in [-0.25, -0.2) is 4.98 Å². The van der Waals surface area contributed by atoms with Gasteiger partial charge in [-0.05, 0) is 37.9 Å². The molecule has 1 aliphatic rings. The number of fused-ring (bicyclic) bond motifs is 1. The van der Waals surface area contributed by atoms with Gasteiger partial charge in [0.15, 0.2) is 0 Å². The molecule has 1 atom stereocenters. The summed E-state index contributed by atoms with van der Waals surface area (Å²) in [5.41, 5.74) is 0.971. The van der Waals surface area contributed by atoms with Gasteiger partial charge in [-0.2, -0.15) is 0 Å². The topological polar surface area (TPSA) is 40.8 Å². The summed E-state index contributed by atoms with van der Waals surface area (Å²) in [5.74, 6) is 2.11. The molecule has 0 radical (unpaired) electrons. The van der Waals surface area contributed by atoms with Crippen molar-refractivity contribution < 1.29 is 5.11 Å². The number of aromatic hydroxyl groups is 1. The highest BCUT2D eigenvalue weighted by Gasteiger charge is 2.20. The predicted molar refractivity (Wildman–Crippen MR) is 75.4 cm³/mol.